The number of nitrogens with one attached hydrogen (secondary N) is 1. The average molecular weight is 276 g/mol. The number of carbonyl (C=O) groups is 1. The van der Waals surface area contributed by atoms with Gasteiger partial charge in [-0.15, -0.1) is 0 Å². The molecule has 1 amide bonds. The largest absolute Gasteiger partial charge is 0.372 e. The van der Waals surface area contributed by atoms with E-state index in [4.69, 9.17) is 4.74 Å². The van der Waals surface area contributed by atoms with Gasteiger partial charge in [0, 0.05) is 20.6 Å². The zero-order valence-corrected chi connectivity index (χ0v) is 11.5. The van der Waals surface area contributed by atoms with Gasteiger partial charge < -0.3 is 15.0 Å². The van der Waals surface area contributed by atoms with Gasteiger partial charge in [0.05, 0.1) is 24.7 Å². The van der Waals surface area contributed by atoms with E-state index in [1.54, 1.807) is 22.8 Å². The van der Waals surface area contributed by atoms with Crippen LogP contribution in [0.4, 0.5) is 5.82 Å². The number of morpholine rings is 1. The molecular weight excluding hydrogens is 260 g/mol. The summed E-state index contributed by atoms with van der Waals surface area (Å²) in [4.78, 5) is 22.4. The third-order valence-electron chi connectivity index (χ3n) is 3.29. The molecule has 2 aromatic heterocycles. The molecule has 3 heterocycles. The Morgan fingerprint density at radius 2 is 2.30 bits per heavy atom. The molecule has 20 heavy (non-hydrogen) atoms. The summed E-state index contributed by atoms with van der Waals surface area (Å²) in [6.45, 7) is 1.64. The first kappa shape index (κ1) is 12.8. The van der Waals surface area contributed by atoms with Gasteiger partial charge in [-0.1, -0.05) is 0 Å². The molecule has 0 atom stereocenters. The molecule has 1 fully saturated rings. The zero-order chi connectivity index (χ0) is 14.1. The van der Waals surface area contributed by atoms with Crippen LogP contribution < -0.4 is 5.32 Å². The van der Waals surface area contributed by atoms with E-state index in [0.29, 0.717) is 25.5 Å². The number of aromatic nitrogens is 4. The van der Waals surface area contributed by atoms with Gasteiger partial charge in [0.15, 0.2) is 11.5 Å². The Labute approximate surface area is 115 Å². The van der Waals surface area contributed by atoms with Crippen LogP contribution >= 0.6 is 0 Å². The molecule has 1 N–H and O–H groups in total. The van der Waals surface area contributed by atoms with E-state index >= 15 is 0 Å². The number of rotatable bonds is 3. The predicted molar refractivity (Wildman–Crippen MR) is 72.1 cm³/mol. The number of carbonyl (C=O) groups excluding carboxylic acids is 1. The molecule has 8 heteroatoms. The Morgan fingerprint density at radius 1 is 1.45 bits per heavy atom. The van der Waals surface area contributed by atoms with Crippen LogP contribution in [-0.2, 0) is 23.1 Å². The minimum Gasteiger partial charge on any atom is -0.372 e. The number of fused-ring (bicyclic) bond motifs is 1. The van der Waals surface area contributed by atoms with Gasteiger partial charge in [-0.05, 0) is 0 Å². The average Bonchev–Trinajstić information content (AvgIpc) is 2.82. The number of ether oxygens (including phenoxy) is 1. The summed E-state index contributed by atoms with van der Waals surface area (Å²) >= 11 is 0. The Morgan fingerprint density at radius 3 is 3.05 bits per heavy atom. The van der Waals surface area contributed by atoms with Crippen molar-refractivity contribution >= 4 is 22.8 Å². The fourth-order valence-electron chi connectivity index (χ4n) is 2.22. The van der Waals surface area contributed by atoms with Gasteiger partial charge in [-0.25, -0.2) is 9.97 Å². The summed E-state index contributed by atoms with van der Waals surface area (Å²) < 4.78 is 6.81. The molecule has 1 aliphatic heterocycles. The molecule has 1 saturated heterocycles. The Balaban J connectivity index is 1.94. The normalized spacial score (nSPS) is 15.9. The van der Waals surface area contributed by atoms with Gasteiger partial charge in [0.2, 0.25) is 5.91 Å². The van der Waals surface area contributed by atoms with Crippen molar-refractivity contribution in [3.63, 3.8) is 0 Å². The minimum absolute atomic E-state index is 0.0315. The maximum atomic E-state index is 11.7. The van der Waals surface area contributed by atoms with E-state index in [2.05, 4.69) is 20.4 Å². The van der Waals surface area contributed by atoms with Crippen LogP contribution in [-0.4, -0.2) is 57.4 Å². The van der Waals surface area contributed by atoms with Gasteiger partial charge in [-0.3, -0.25) is 9.48 Å². The summed E-state index contributed by atoms with van der Waals surface area (Å²) in [5, 5.41) is 8.09. The van der Waals surface area contributed by atoms with E-state index in [-0.39, 0.29) is 12.5 Å². The van der Waals surface area contributed by atoms with Crippen LogP contribution in [0.3, 0.4) is 0 Å². The smallest absolute Gasteiger partial charge is 0.249 e. The van der Waals surface area contributed by atoms with Crippen molar-refractivity contribution in [3.05, 3.63) is 12.0 Å². The second-order valence-corrected chi connectivity index (χ2v) is 4.61. The molecule has 0 saturated carbocycles. The second kappa shape index (κ2) is 5.04. The molecule has 0 bridgehead atoms. The summed E-state index contributed by atoms with van der Waals surface area (Å²) in [6, 6.07) is 0. The summed E-state index contributed by atoms with van der Waals surface area (Å²) in [5.74, 6) is 1.29. The number of amides is 1. The van der Waals surface area contributed by atoms with Crippen LogP contribution in [0.2, 0.25) is 0 Å². The highest BCUT2D eigenvalue weighted by atomic mass is 16.5. The van der Waals surface area contributed by atoms with Crippen molar-refractivity contribution in [1.29, 1.82) is 0 Å². The number of aryl methyl sites for hydroxylation is 1. The maximum absolute atomic E-state index is 11.7. The van der Waals surface area contributed by atoms with E-state index < -0.39 is 0 Å². The first-order valence-electron chi connectivity index (χ1n) is 6.41. The molecule has 0 radical (unpaired) electrons. The molecule has 0 unspecified atom stereocenters. The fraction of sp³-hybridized carbons (Fsp3) is 0.500. The molecule has 0 aliphatic carbocycles. The summed E-state index contributed by atoms with van der Waals surface area (Å²) in [7, 11) is 3.64. The van der Waals surface area contributed by atoms with Gasteiger partial charge in [-0.2, -0.15) is 5.10 Å². The van der Waals surface area contributed by atoms with Crippen molar-refractivity contribution in [1.82, 2.24) is 24.6 Å². The molecule has 2 aromatic rings. The third-order valence-corrected chi connectivity index (χ3v) is 3.29. The topological polar surface area (TPSA) is 85.2 Å². The standard InChI is InChI=1S/C12H16N6O2/c1-13-11-8-5-14-17(2)12(8)16-9(15-11)6-18-3-4-20-7-10(18)19/h5H,3-4,6-7H2,1-2H3,(H,13,15,16). The van der Waals surface area contributed by atoms with Gasteiger partial charge in [0.1, 0.15) is 12.4 Å². The highest BCUT2D eigenvalue weighted by molar-refractivity contribution is 5.86. The first-order valence-corrected chi connectivity index (χ1v) is 6.41. The van der Waals surface area contributed by atoms with Crippen LogP contribution in [0.25, 0.3) is 11.0 Å². The SMILES string of the molecule is CNc1nc(CN2CCOCC2=O)nc2c1cnn2C. The number of anilines is 1. The Kier molecular flexibility index (Phi) is 3.23. The zero-order valence-electron chi connectivity index (χ0n) is 11.5. The lowest BCUT2D eigenvalue weighted by molar-refractivity contribution is -0.143. The predicted octanol–water partition coefficient (Wildman–Crippen LogP) is -0.236. The molecule has 0 aromatic carbocycles. The lowest BCUT2D eigenvalue weighted by Gasteiger charge is -2.26. The summed E-state index contributed by atoms with van der Waals surface area (Å²) in [6.07, 6.45) is 1.73. The first-order chi connectivity index (χ1) is 9.69. The highest BCUT2D eigenvalue weighted by Crippen LogP contribution is 2.19. The van der Waals surface area contributed by atoms with E-state index in [0.717, 1.165) is 16.9 Å². The van der Waals surface area contributed by atoms with E-state index in [9.17, 15) is 4.79 Å². The Hall–Kier alpha value is -2.22. The minimum atomic E-state index is -0.0315. The number of nitrogens with zero attached hydrogens (tertiary/aromatic N) is 5. The monoisotopic (exact) mass is 276 g/mol. The maximum Gasteiger partial charge on any atom is 0.249 e. The van der Waals surface area contributed by atoms with Crippen molar-refractivity contribution in [3.8, 4) is 0 Å². The van der Waals surface area contributed by atoms with Crippen LogP contribution in [0.5, 0.6) is 0 Å². The lowest BCUT2D eigenvalue weighted by Crippen LogP contribution is -2.41. The van der Waals surface area contributed by atoms with Crippen molar-refractivity contribution in [2.24, 2.45) is 7.05 Å². The molecule has 1 aliphatic rings. The van der Waals surface area contributed by atoms with Gasteiger partial charge in [0.25, 0.3) is 0 Å². The molecule has 0 spiro atoms. The number of hydrogen-bond donors (Lipinski definition) is 1. The van der Waals surface area contributed by atoms with Crippen LogP contribution in [0.15, 0.2) is 6.20 Å². The molecular formula is C12H16N6O2. The van der Waals surface area contributed by atoms with Crippen molar-refractivity contribution in [2.45, 2.75) is 6.54 Å². The molecule has 8 nitrogen and oxygen atoms in total. The summed E-state index contributed by atoms with van der Waals surface area (Å²) in [5.41, 5.74) is 0.750. The number of hydrogen-bond acceptors (Lipinski definition) is 6. The van der Waals surface area contributed by atoms with Crippen molar-refractivity contribution in [2.75, 3.05) is 32.1 Å². The highest BCUT2D eigenvalue weighted by Gasteiger charge is 2.20. The second-order valence-electron chi connectivity index (χ2n) is 4.61. The van der Waals surface area contributed by atoms with Crippen LogP contribution in [0, 0.1) is 0 Å². The van der Waals surface area contributed by atoms with Crippen molar-refractivity contribution < 1.29 is 9.53 Å². The fourth-order valence-corrected chi connectivity index (χ4v) is 2.22. The lowest BCUT2D eigenvalue weighted by atomic mass is 10.3. The van der Waals surface area contributed by atoms with E-state index in [1.807, 2.05) is 7.05 Å². The van der Waals surface area contributed by atoms with Crippen LogP contribution in [0.1, 0.15) is 5.82 Å². The molecule has 3 rings (SSSR count). The third kappa shape index (κ3) is 2.18. The molecule has 106 valence electrons. The Bertz CT molecular complexity index is 653. The van der Waals surface area contributed by atoms with Gasteiger partial charge >= 0.3 is 0 Å². The quantitative estimate of drug-likeness (QED) is 0.833. The van der Waals surface area contributed by atoms with E-state index in [1.165, 1.54) is 0 Å².